The van der Waals surface area contributed by atoms with E-state index in [2.05, 4.69) is 19.4 Å². The lowest BCUT2D eigenvalue weighted by molar-refractivity contribution is 0.171. The molecule has 18 heteroatoms. The number of sulfonamides is 2. The van der Waals surface area contributed by atoms with Gasteiger partial charge in [-0.2, -0.15) is 0 Å². The summed E-state index contributed by atoms with van der Waals surface area (Å²) in [6, 6.07) is 23.7. The number of nitrogens with zero attached hydrogens (tertiary/aromatic N) is 2. The van der Waals surface area contributed by atoms with Gasteiger partial charge in [0.15, 0.2) is 0 Å². The molecule has 0 amide bonds. The van der Waals surface area contributed by atoms with Crippen molar-refractivity contribution in [1.29, 1.82) is 0 Å². The maximum Gasteiger partial charge on any atom is 0.229 e. The zero-order valence-electron chi connectivity index (χ0n) is 31.9. The molecule has 0 spiro atoms. The van der Waals surface area contributed by atoms with Crippen molar-refractivity contribution in [3.63, 3.8) is 0 Å². The van der Waals surface area contributed by atoms with Crippen LogP contribution in [-0.4, -0.2) is 39.3 Å². The number of halogens is 4. The highest BCUT2D eigenvalue weighted by Gasteiger charge is 2.26. The normalized spacial score (nSPS) is 15.8. The lowest BCUT2D eigenvalue weighted by Crippen LogP contribution is -2.16. The molecular formula is C42H36F4N4O8S2. The zero-order chi connectivity index (χ0) is 42.6. The Morgan fingerprint density at radius 2 is 0.983 bits per heavy atom. The van der Waals surface area contributed by atoms with Crippen LogP contribution >= 0.6 is 0 Å². The summed E-state index contributed by atoms with van der Waals surface area (Å²) < 4.78 is 127. The number of hydrogen-bond acceptors (Lipinski definition) is 10. The van der Waals surface area contributed by atoms with Crippen LogP contribution in [0.3, 0.4) is 0 Å². The third-order valence-corrected chi connectivity index (χ3v) is 10.3. The van der Waals surface area contributed by atoms with Gasteiger partial charge in [-0.25, -0.2) is 44.4 Å². The number of aromatic nitrogens is 2. The van der Waals surface area contributed by atoms with Gasteiger partial charge in [0.25, 0.3) is 0 Å². The largest absolute Gasteiger partial charge is 0.485 e. The van der Waals surface area contributed by atoms with Gasteiger partial charge in [0.1, 0.15) is 58.5 Å². The lowest BCUT2D eigenvalue weighted by atomic mass is 9.97. The molecule has 0 saturated heterocycles. The fourth-order valence-corrected chi connectivity index (χ4v) is 7.59. The van der Waals surface area contributed by atoms with E-state index in [1.165, 1.54) is 36.7 Å². The molecule has 2 atom stereocenters. The summed E-state index contributed by atoms with van der Waals surface area (Å²) in [5.41, 5.74) is 3.14. The molecule has 0 bridgehead atoms. The summed E-state index contributed by atoms with van der Waals surface area (Å²) in [5.74, 6) is 0.428. The Hall–Kier alpha value is -6.40. The molecule has 2 aromatic heterocycles. The van der Waals surface area contributed by atoms with Gasteiger partial charge >= 0.3 is 0 Å². The Kier molecular flexibility index (Phi) is 12.1. The fraction of sp³-hybridized carbons (Fsp3) is 0.190. The van der Waals surface area contributed by atoms with Gasteiger partial charge in [-0.3, -0.25) is 9.44 Å². The number of aryl methyl sites for hydroxylation is 2. The molecule has 2 N–H and O–H groups in total. The van der Waals surface area contributed by atoms with Crippen molar-refractivity contribution >= 4 is 31.4 Å². The van der Waals surface area contributed by atoms with Crippen molar-refractivity contribution in [1.82, 2.24) is 9.97 Å². The van der Waals surface area contributed by atoms with Crippen molar-refractivity contribution in [2.24, 2.45) is 0 Å². The summed E-state index contributed by atoms with van der Waals surface area (Å²) >= 11 is 0. The molecule has 60 heavy (non-hydrogen) atoms. The van der Waals surface area contributed by atoms with E-state index >= 15 is 0 Å². The van der Waals surface area contributed by atoms with Gasteiger partial charge in [0, 0.05) is 35.4 Å². The standard InChI is InChI=1S/2C21H18F2N2O4S/c2*1-30(26,27)25-15-4-9-21(24-12-15)28-16-5-8-19-13(10-16)2-7-20(29-19)17-6-3-14(22)11-18(17)23/h2*3-6,8-12,20,25H,2,7H2,1H3. The number of nitrogens with one attached hydrogen (secondary N) is 2. The van der Waals surface area contributed by atoms with Crippen LogP contribution < -0.4 is 28.4 Å². The first-order chi connectivity index (χ1) is 28.5. The second kappa shape index (κ2) is 17.4. The molecule has 2 aliphatic heterocycles. The molecule has 12 nitrogen and oxygen atoms in total. The highest BCUT2D eigenvalue weighted by molar-refractivity contribution is 7.92. The Morgan fingerprint density at radius 1 is 0.567 bits per heavy atom. The molecule has 0 radical (unpaired) electrons. The third-order valence-electron chi connectivity index (χ3n) is 9.10. The van der Waals surface area contributed by atoms with Crippen molar-refractivity contribution in [2.75, 3.05) is 22.0 Å². The molecule has 6 aromatic rings. The number of fused-ring (bicyclic) bond motifs is 2. The van der Waals surface area contributed by atoms with Gasteiger partial charge < -0.3 is 18.9 Å². The van der Waals surface area contributed by atoms with Crippen molar-refractivity contribution in [3.8, 4) is 34.8 Å². The summed E-state index contributed by atoms with van der Waals surface area (Å²) in [4.78, 5) is 8.17. The number of benzene rings is 4. The van der Waals surface area contributed by atoms with Gasteiger partial charge in [-0.15, -0.1) is 0 Å². The number of hydrogen-bond donors (Lipinski definition) is 2. The lowest BCUT2D eigenvalue weighted by Gasteiger charge is -2.27. The average molecular weight is 865 g/mol. The van der Waals surface area contributed by atoms with Crippen LogP contribution in [0.1, 0.15) is 47.3 Å². The molecule has 2 aliphatic rings. The zero-order valence-corrected chi connectivity index (χ0v) is 33.5. The monoisotopic (exact) mass is 864 g/mol. The Bertz CT molecular complexity index is 2560. The maximum atomic E-state index is 14.1. The van der Waals surface area contributed by atoms with E-state index in [0.29, 0.717) is 82.9 Å². The first-order valence-corrected chi connectivity index (χ1v) is 22.0. The van der Waals surface area contributed by atoms with Gasteiger partial charge in [0.2, 0.25) is 31.8 Å². The van der Waals surface area contributed by atoms with Crippen LogP contribution in [-0.2, 0) is 32.9 Å². The Balaban J connectivity index is 0.000000181. The predicted octanol–water partition coefficient (Wildman–Crippen LogP) is 9.18. The topological polar surface area (TPSA) is 155 Å². The third kappa shape index (κ3) is 11.0. The van der Waals surface area contributed by atoms with Gasteiger partial charge in [-0.05, 0) is 110 Å². The van der Waals surface area contributed by atoms with E-state index in [1.54, 1.807) is 48.5 Å². The summed E-state index contributed by atoms with van der Waals surface area (Å²) in [6.45, 7) is 0. The smallest absolute Gasteiger partial charge is 0.229 e. The van der Waals surface area contributed by atoms with Crippen molar-refractivity contribution in [2.45, 2.75) is 37.9 Å². The van der Waals surface area contributed by atoms with Crippen molar-refractivity contribution < 1.29 is 53.3 Å². The first kappa shape index (κ1) is 41.7. The highest BCUT2D eigenvalue weighted by atomic mass is 32.2. The Morgan fingerprint density at radius 3 is 1.33 bits per heavy atom. The maximum absolute atomic E-state index is 14.1. The second-order valence-corrected chi connectivity index (χ2v) is 17.4. The van der Waals surface area contributed by atoms with Crippen LogP contribution in [0.5, 0.6) is 34.8 Å². The second-order valence-electron chi connectivity index (χ2n) is 13.9. The molecule has 0 fully saturated rings. The Labute approximate surface area is 343 Å². The first-order valence-electron chi connectivity index (χ1n) is 18.3. The van der Waals surface area contributed by atoms with Crippen molar-refractivity contribution in [3.05, 3.63) is 155 Å². The molecule has 4 aromatic carbocycles. The number of pyridine rings is 2. The van der Waals surface area contributed by atoms with Crippen LogP contribution in [0, 0.1) is 23.3 Å². The van der Waals surface area contributed by atoms with E-state index in [1.807, 2.05) is 12.1 Å². The summed E-state index contributed by atoms with van der Waals surface area (Å²) in [5, 5.41) is 0. The van der Waals surface area contributed by atoms with E-state index in [4.69, 9.17) is 18.9 Å². The van der Waals surface area contributed by atoms with Crippen LogP contribution in [0.15, 0.2) is 109 Å². The van der Waals surface area contributed by atoms with Gasteiger partial charge in [0.05, 0.1) is 36.3 Å². The summed E-state index contributed by atoms with van der Waals surface area (Å²) in [6.07, 6.45) is 6.23. The fourth-order valence-electron chi connectivity index (χ4n) is 6.49. The molecular weight excluding hydrogens is 829 g/mol. The molecule has 2 unspecified atom stereocenters. The molecule has 312 valence electrons. The SMILES string of the molecule is CS(=O)(=O)Nc1ccc(Oc2ccc3c(c2)CCC(c2ccc(F)cc2F)O3)nc1.CS(=O)(=O)Nc1ccc(Oc2ccc3c(c2)CCC(c2ccc(F)cc2F)O3)nc1. The minimum atomic E-state index is -3.38. The quantitative estimate of drug-likeness (QED) is 0.127. The molecule has 8 rings (SSSR count). The van der Waals surface area contributed by atoms with E-state index in [9.17, 15) is 34.4 Å². The van der Waals surface area contributed by atoms with E-state index < -0.39 is 55.5 Å². The predicted molar refractivity (Wildman–Crippen MR) is 215 cm³/mol. The van der Waals surface area contributed by atoms with Crippen LogP contribution in [0.2, 0.25) is 0 Å². The minimum absolute atomic E-state index is 0.303. The molecule has 0 aliphatic carbocycles. The number of ether oxygens (including phenoxy) is 4. The van der Waals surface area contributed by atoms with E-state index in [-0.39, 0.29) is 0 Å². The number of anilines is 2. The van der Waals surface area contributed by atoms with Gasteiger partial charge in [-0.1, -0.05) is 0 Å². The van der Waals surface area contributed by atoms with Crippen LogP contribution in [0.25, 0.3) is 0 Å². The average Bonchev–Trinajstić information content (AvgIpc) is 3.18. The number of rotatable bonds is 10. The summed E-state index contributed by atoms with van der Waals surface area (Å²) in [7, 11) is -6.75. The van der Waals surface area contributed by atoms with Crippen LogP contribution in [0.4, 0.5) is 28.9 Å². The molecule has 4 heterocycles. The van der Waals surface area contributed by atoms with E-state index in [0.717, 1.165) is 35.8 Å². The minimum Gasteiger partial charge on any atom is -0.485 e. The molecule has 0 saturated carbocycles. The highest BCUT2D eigenvalue weighted by Crippen LogP contribution is 2.40.